The molecule has 2 aromatic carbocycles. The maximum Gasteiger partial charge on any atom is 0.119 e. The third-order valence-electron chi connectivity index (χ3n) is 6.28. The number of hydrogen-bond acceptors (Lipinski definition) is 2. The summed E-state index contributed by atoms with van der Waals surface area (Å²) in [5.74, 6) is 0.988. The van der Waals surface area contributed by atoms with E-state index in [0.29, 0.717) is 11.0 Å². The molecule has 2 atom stereocenters. The molecule has 2 bridgehead atoms. The minimum absolute atomic E-state index is 0.317. The maximum atomic E-state index is 5.46. The molecule has 0 aromatic heterocycles. The Morgan fingerprint density at radius 2 is 1.88 bits per heavy atom. The van der Waals surface area contributed by atoms with Gasteiger partial charge in [0, 0.05) is 5.54 Å². The third kappa shape index (κ3) is 2.84. The largest absolute Gasteiger partial charge is 0.497 e. The Hall–Kier alpha value is -1.80. The fourth-order valence-electron chi connectivity index (χ4n) is 4.91. The van der Waals surface area contributed by atoms with E-state index in [9.17, 15) is 0 Å². The van der Waals surface area contributed by atoms with Gasteiger partial charge in [0.25, 0.3) is 0 Å². The molecule has 1 aliphatic carbocycles. The first-order chi connectivity index (χ1) is 11.7. The Balaban J connectivity index is 1.53. The fraction of sp³-hybridized carbons (Fsp3) is 0.455. The normalized spacial score (nSPS) is 28.7. The van der Waals surface area contributed by atoms with Crippen molar-refractivity contribution in [3.63, 3.8) is 0 Å². The van der Waals surface area contributed by atoms with Gasteiger partial charge in [0.15, 0.2) is 0 Å². The van der Waals surface area contributed by atoms with Crippen molar-refractivity contribution in [2.45, 2.75) is 49.5 Å². The molecule has 0 radical (unpaired) electrons. The summed E-state index contributed by atoms with van der Waals surface area (Å²) in [7, 11) is 1.76. The van der Waals surface area contributed by atoms with E-state index < -0.39 is 0 Å². The van der Waals surface area contributed by atoms with Crippen molar-refractivity contribution in [3.8, 4) is 5.75 Å². The van der Waals surface area contributed by atoms with Crippen molar-refractivity contribution in [1.82, 2.24) is 5.32 Å². The van der Waals surface area contributed by atoms with Gasteiger partial charge in [-0.2, -0.15) is 0 Å². The summed E-state index contributed by atoms with van der Waals surface area (Å²) in [6.07, 6.45) is 7.50. The summed E-state index contributed by atoms with van der Waals surface area (Å²) >= 11 is 0. The number of aryl methyl sites for hydroxylation is 1. The second-order valence-corrected chi connectivity index (χ2v) is 7.63. The lowest BCUT2D eigenvalue weighted by atomic mass is 9.71. The first kappa shape index (κ1) is 15.7. The lowest BCUT2D eigenvalue weighted by Gasteiger charge is -2.41. The monoisotopic (exact) mass is 321 g/mol. The summed E-state index contributed by atoms with van der Waals surface area (Å²) in [5.41, 5.74) is 3.59. The molecule has 126 valence electrons. The molecular weight excluding hydrogens is 294 g/mol. The highest BCUT2D eigenvalue weighted by Crippen LogP contribution is 2.52. The van der Waals surface area contributed by atoms with E-state index >= 15 is 0 Å². The van der Waals surface area contributed by atoms with Crippen molar-refractivity contribution in [2.75, 3.05) is 13.7 Å². The van der Waals surface area contributed by atoms with Crippen LogP contribution < -0.4 is 10.1 Å². The Morgan fingerprint density at radius 1 is 1.00 bits per heavy atom. The van der Waals surface area contributed by atoms with Gasteiger partial charge in [0.05, 0.1) is 7.11 Å². The molecule has 1 saturated heterocycles. The van der Waals surface area contributed by atoms with E-state index in [1.54, 1.807) is 7.11 Å². The van der Waals surface area contributed by atoms with E-state index in [4.69, 9.17) is 4.74 Å². The number of methoxy groups -OCH3 is 1. The zero-order chi connectivity index (χ0) is 16.5. The summed E-state index contributed by atoms with van der Waals surface area (Å²) in [6, 6.07) is 19.7. The van der Waals surface area contributed by atoms with E-state index in [0.717, 1.165) is 12.3 Å². The number of benzene rings is 2. The molecule has 2 fully saturated rings. The Bertz CT molecular complexity index is 698. The smallest absolute Gasteiger partial charge is 0.119 e. The van der Waals surface area contributed by atoms with Gasteiger partial charge >= 0.3 is 0 Å². The highest BCUT2D eigenvalue weighted by atomic mass is 16.5. The predicted octanol–water partition coefficient (Wildman–Crippen LogP) is 4.48. The molecule has 4 rings (SSSR count). The van der Waals surface area contributed by atoms with Gasteiger partial charge < -0.3 is 10.1 Å². The number of ether oxygens (including phenoxy) is 1. The third-order valence-corrected chi connectivity index (χ3v) is 6.28. The lowest BCUT2D eigenvalue weighted by molar-refractivity contribution is 0.229. The van der Waals surface area contributed by atoms with Crippen LogP contribution in [0.25, 0.3) is 0 Å². The molecule has 24 heavy (non-hydrogen) atoms. The molecule has 1 heterocycles. The average molecular weight is 321 g/mol. The van der Waals surface area contributed by atoms with Gasteiger partial charge in [-0.05, 0) is 73.7 Å². The van der Waals surface area contributed by atoms with Crippen LogP contribution in [0, 0.1) is 0 Å². The average Bonchev–Trinajstić information content (AvgIpc) is 2.93. The summed E-state index contributed by atoms with van der Waals surface area (Å²) < 4.78 is 5.46. The number of hydrogen-bond donors (Lipinski definition) is 1. The predicted molar refractivity (Wildman–Crippen MR) is 98.6 cm³/mol. The zero-order valence-corrected chi connectivity index (χ0v) is 14.6. The highest BCUT2D eigenvalue weighted by molar-refractivity contribution is 5.37. The van der Waals surface area contributed by atoms with E-state index in [1.165, 1.54) is 49.7 Å². The number of fused-ring (bicyclic) bond motifs is 2. The Labute approximate surface area is 145 Å². The van der Waals surface area contributed by atoms with E-state index in [2.05, 4.69) is 59.9 Å². The molecule has 0 spiro atoms. The number of piperidine rings is 1. The van der Waals surface area contributed by atoms with Crippen LogP contribution in [0.3, 0.4) is 0 Å². The van der Waals surface area contributed by atoms with Crippen LogP contribution >= 0.6 is 0 Å². The maximum absolute atomic E-state index is 5.46. The van der Waals surface area contributed by atoms with Crippen LogP contribution in [0.4, 0.5) is 0 Å². The molecule has 1 aliphatic heterocycles. The van der Waals surface area contributed by atoms with Crippen LogP contribution in [-0.4, -0.2) is 19.2 Å². The van der Waals surface area contributed by atoms with Crippen LogP contribution in [0.1, 0.15) is 43.2 Å². The van der Waals surface area contributed by atoms with Crippen LogP contribution in [0.15, 0.2) is 54.6 Å². The van der Waals surface area contributed by atoms with Gasteiger partial charge in [-0.3, -0.25) is 0 Å². The number of nitrogens with one attached hydrogen (secondary N) is 1. The van der Waals surface area contributed by atoms with Gasteiger partial charge in [-0.1, -0.05) is 42.5 Å². The van der Waals surface area contributed by atoms with Crippen molar-refractivity contribution < 1.29 is 4.74 Å². The lowest BCUT2D eigenvalue weighted by Crippen LogP contribution is -2.50. The summed E-state index contributed by atoms with van der Waals surface area (Å²) in [6.45, 7) is 1.13. The van der Waals surface area contributed by atoms with Gasteiger partial charge in [0.1, 0.15) is 5.75 Å². The van der Waals surface area contributed by atoms with E-state index in [1.807, 2.05) is 0 Å². The topological polar surface area (TPSA) is 21.3 Å². The van der Waals surface area contributed by atoms with Crippen LogP contribution in [0.2, 0.25) is 0 Å². The second kappa shape index (κ2) is 6.25. The van der Waals surface area contributed by atoms with Gasteiger partial charge in [-0.15, -0.1) is 0 Å². The second-order valence-electron chi connectivity index (χ2n) is 7.63. The fourth-order valence-corrected chi connectivity index (χ4v) is 4.91. The van der Waals surface area contributed by atoms with Gasteiger partial charge in [-0.25, -0.2) is 0 Å². The molecule has 2 aromatic rings. The van der Waals surface area contributed by atoms with Crippen molar-refractivity contribution in [1.29, 1.82) is 0 Å². The summed E-state index contributed by atoms with van der Waals surface area (Å²) in [5, 5.41) is 3.89. The molecule has 2 unspecified atom stereocenters. The SMILES string of the molecule is COc1cccc(C23CCNC(CCc4ccccc4)(CC2)C3)c1. The molecule has 1 saturated carbocycles. The quantitative estimate of drug-likeness (QED) is 0.876. The zero-order valence-electron chi connectivity index (χ0n) is 14.6. The highest BCUT2D eigenvalue weighted by Gasteiger charge is 2.51. The minimum Gasteiger partial charge on any atom is -0.497 e. The van der Waals surface area contributed by atoms with Crippen molar-refractivity contribution in [2.24, 2.45) is 0 Å². The summed E-state index contributed by atoms with van der Waals surface area (Å²) in [4.78, 5) is 0. The first-order valence-corrected chi connectivity index (χ1v) is 9.17. The Morgan fingerprint density at radius 3 is 2.71 bits per heavy atom. The van der Waals surface area contributed by atoms with Crippen LogP contribution in [0.5, 0.6) is 5.75 Å². The minimum atomic E-state index is 0.317. The molecule has 2 aliphatic rings. The molecule has 2 nitrogen and oxygen atoms in total. The van der Waals surface area contributed by atoms with Crippen LogP contribution in [-0.2, 0) is 11.8 Å². The Kier molecular flexibility index (Phi) is 4.09. The van der Waals surface area contributed by atoms with Gasteiger partial charge in [0.2, 0.25) is 0 Å². The molecule has 0 amide bonds. The molecule has 1 N–H and O–H groups in total. The van der Waals surface area contributed by atoms with Crippen molar-refractivity contribution in [3.05, 3.63) is 65.7 Å². The first-order valence-electron chi connectivity index (χ1n) is 9.17. The molecular formula is C22H27NO. The molecule has 2 heteroatoms. The number of rotatable bonds is 5. The van der Waals surface area contributed by atoms with E-state index in [-0.39, 0.29) is 0 Å². The van der Waals surface area contributed by atoms with Crippen molar-refractivity contribution >= 4 is 0 Å². The standard InChI is InChI=1S/C22H27NO/c1-24-20-9-5-8-19(16-20)21-12-13-22(17-21,23-15-14-21)11-10-18-6-3-2-4-7-18/h2-9,16,23H,10-15,17H2,1H3.